The molecule has 0 heterocycles. The molecular formula is C18H25Br2F. The highest BCUT2D eigenvalue weighted by Crippen LogP contribution is 2.45. The van der Waals surface area contributed by atoms with E-state index in [0.29, 0.717) is 9.89 Å². The topological polar surface area (TPSA) is 0 Å². The molecule has 0 aliphatic heterocycles. The molecule has 0 N–H and O–H groups in total. The van der Waals surface area contributed by atoms with Gasteiger partial charge in [-0.15, -0.1) is 0 Å². The number of alkyl halides is 1. The summed E-state index contributed by atoms with van der Waals surface area (Å²) in [4.78, 5) is 0. The van der Waals surface area contributed by atoms with Gasteiger partial charge in [0.05, 0.1) is 4.47 Å². The fourth-order valence-electron chi connectivity index (χ4n) is 3.52. The maximum absolute atomic E-state index is 13.7. The van der Waals surface area contributed by atoms with E-state index < -0.39 is 0 Å². The monoisotopic (exact) mass is 418 g/mol. The molecule has 0 nitrogen and oxygen atoms in total. The van der Waals surface area contributed by atoms with Crippen molar-refractivity contribution in [2.24, 2.45) is 11.3 Å². The van der Waals surface area contributed by atoms with E-state index in [2.05, 4.69) is 44.8 Å². The molecule has 2 rings (SSSR count). The molecule has 0 saturated heterocycles. The Balaban J connectivity index is 2.01. The van der Waals surface area contributed by atoms with Crippen LogP contribution in [0.4, 0.5) is 4.39 Å². The Hall–Kier alpha value is 0.110. The molecule has 1 aromatic carbocycles. The first kappa shape index (κ1) is 17.5. The molecule has 0 radical (unpaired) electrons. The van der Waals surface area contributed by atoms with Crippen LogP contribution in [-0.4, -0.2) is 5.33 Å². The van der Waals surface area contributed by atoms with Gasteiger partial charge in [0, 0.05) is 5.33 Å². The lowest BCUT2D eigenvalue weighted by Gasteiger charge is -2.39. The summed E-state index contributed by atoms with van der Waals surface area (Å²) < 4.78 is 14.4. The Morgan fingerprint density at radius 2 is 2.00 bits per heavy atom. The number of hydrogen-bond acceptors (Lipinski definition) is 0. The van der Waals surface area contributed by atoms with Gasteiger partial charge >= 0.3 is 0 Å². The molecule has 3 heteroatoms. The maximum atomic E-state index is 13.7. The van der Waals surface area contributed by atoms with Crippen LogP contribution in [-0.2, 0) is 6.42 Å². The van der Waals surface area contributed by atoms with E-state index in [1.807, 2.05) is 6.07 Å². The Bertz CT molecular complexity index is 451. The van der Waals surface area contributed by atoms with Crippen molar-refractivity contribution in [1.29, 1.82) is 0 Å². The summed E-state index contributed by atoms with van der Waals surface area (Å²) in [6, 6.07) is 5.40. The number of unbranched alkanes of at least 4 members (excludes halogenated alkanes) is 1. The first-order chi connectivity index (χ1) is 10.1. The van der Waals surface area contributed by atoms with Crippen molar-refractivity contribution in [3.63, 3.8) is 0 Å². The molecule has 0 amide bonds. The van der Waals surface area contributed by atoms with E-state index in [9.17, 15) is 4.39 Å². The van der Waals surface area contributed by atoms with Gasteiger partial charge < -0.3 is 0 Å². The lowest BCUT2D eigenvalue weighted by molar-refractivity contribution is 0.168. The molecule has 0 spiro atoms. The second kappa shape index (κ2) is 8.10. The molecule has 0 aromatic heterocycles. The highest BCUT2D eigenvalue weighted by atomic mass is 79.9. The summed E-state index contributed by atoms with van der Waals surface area (Å²) in [5.74, 6) is 0.766. The number of hydrogen-bond donors (Lipinski definition) is 0. The zero-order chi connectivity index (χ0) is 15.3. The summed E-state index contributed by atoms with van der Waals surface area (Å²) in [7, 11) is 0. The van der Waals surface area contributed by atoms with Gasteiger partial charge in [-0.05, 0) is 71.0 Å². The van der Waals surface area contributed by atoms with Crippen molar-refractivity contribution in [2.45, 2.75) is 58.3 Å². The second-order valence-electron chi connectivity index (χ2n) is 6.61. The first-order valence-corrected chi connectivity index (χ1v) is 10.0. The van der Waals surface area contributed by atoms with Crippen molar-refractivity contribution in [3.05, 3.63) is 34.1 Å². The van der Waals surface area contributed by atoms with E-state index in [1.165, 1.54) is 51.0 Å². The van der Waals surface area contributed by atoms with Crippen molar-refractivity contribution in [3.8, 4) is 0 Å². The third-order valence-corrected chi connectivity index (χ3v) is 7.09. The molecular weight excluding hydrogens is 395 g/mol. The van der Waals surface area contributed by atoms with Crippen LogP contribution in [0.25, 0.3) is 0 Å². The van der Waals surface area contributed by atoms with Gasteiger partial charge in [-0.3, -0.25) is 0 Å². The number of benzene rings is 1. The van der Waals surface area contributed by atoms with Gasteiger partial charge in [-0.1, -0.05) is 54.2 Å². The molecule has 1 aromatic rings. The van der Waals surface area contributed by atoms with Crippen LogP contribution in [0.1, 0.15) is 57.4 Å². The van der Waals surface area contributed by atoms with Crippen molar-refractivity contribution in [2.75, 3.05) is 5.33 Å². The van der Waals surface area contributed by atoms with Crippen LogP contribution < -0.4 is 0 Å². The zero-order valence-electron chi connectivity index (χ0n) is 12.8. The van der Waals surface area contributed by atoms with Crippen LogP contribution in [0.5, 0.6) is 0 Å². The fraction of sp³-hybridized carbons (Fsp3) is 0.667. The van der Waals surface area contributed by atoms with Gasteiger partial charge in [0.2, 0.25) is 0 Å². The molecule has 1 aliphatic rings. The number of rotatable bonds is 6. The Morgan fingerprint density at radius 1 is 1.29 bits per heavy atom. The van der Waals surface area contributed by atoms with E-state index in [0.717, 1.165) is 23.2 Å². The Kier molecular flexibility index (Phi) is 6.74. The first-order valence-electron chi connectivity index (χ1n) is 8.09. The molecule has 118 valence electrons. The van der Waals surface area contributed by atoms with Crippen LogP contribution >= 0.6 is 31.9 Å². The Labute approximate surface area is 145 Å². The predicted octanol–water partition coefficient (Wildman–Crippen LogP) is 6.89. The van der Waals surface area contributed by atoms with Gasteiger partial charge in [-0.25, -0.2) is 4.39 Å². The second-order valence-corrected chi connectivity index (χ2v) is 7.96. The summed E-state index contributed by atoms with van der Waals surface area (Å²) in [5.41, 5.74) is 1.42. The largest absolute Gasteiger partial charge is 0.206 e. The third kappa shape index (κ3) is 4.54. The lowest BCUT2D eigenvalue weighted by atomic mass is 9.68. The SMILES string of the molecule is CCCCC1CCC(CBr)(Cc2cccc(F)c2Br)CC1. The normalized spacial score (nSPS) is 26.0. The molecule has 1 aliphatic carbocycles. The third-order valence-electron chi connectivity index (χ3n) is 5.01. The van der Waals surface area contributed by atoms with Gasteiger partial charge in [0.25, 0.3) is 0 Å². The fourth-order valence-corrected chi connectivity index (χ4v) is 4.68. The van der Waals surface area contributed by atoms with Gasteiger partial charge in [0.1, 0.15) is 5.82 Å². The smallest absolute Gasteiger partial charge is 0.137 e. The standard InChI is InChI=1S/C18H25Br2F/c1-2-3-5-14-8-10-18(13-19,11-9-14)12-15-6-4-7-16(21)17(15)20/h4,6-7,14H,2-3,5,8-13H2,1H3. The lowest BCUT2D eigenvalue weighted by Crippen LogP contribution is -2.31. The molecule has 21 heavy (non-hydrogen) atoms. The van der Waals surface area contributed by atoms with Crippen LogP contribution in [0.15, 0.2) is 22.7 Å². The van der Waals surface area contributed by atoms with Crippen LogP contribution in [0.3, 0.4) is 0 Å². The predicted molar refractivity (Wildman–Crippen MR) is 95.5 cm³/mol. The molecule has 0 atom stereocenters. The van der Waals surface area contributed by atoms with E-state index in [1.54, 1.807) is 0 Å². The van der Waals surface area contributed by atoms with E-state index in [-0.39, 0.29) is 5.82 Å². The summed E-state index contributed by atoms with van der Waals surface area (Å²) in [5, 5.41) is 1.02. The molecule has 1 saturated carbocycles. The van der Waals surface area contributed by atoms with Crippen molar-refractivity contribution >= 4 is 31.9 Å². The zero-order valence-corrected chi connectivity index (χ0v) is 16.0. The van der Waals surface area contributed by atoms with Gasteiger partial charge in [0.15, 0.2) is 0 Å². The molecule has 0 bridgehead atoms. The quantitative estimate of drug-likeness (QED) is 0.440. The minimum atomic E-state index is -0.145. The van der Waals surface area contributed by atoms with E-state index in [4.69, 9.17) is 0 Å². The summed E-state index contributed by atoms with van der Waals surface area (Å²) in [6.45, 7) is 2.27. The summed E-state index contributed by atoms with van der Waals surface area (Å²) in [6.07, 6.45) is 10.2. The maximum Gasteiger partial charge on any atom is 0.137 e. The molecule has 0 unspecified atom stereocenters. The highest BCUT2D eigenvalue weighted by Gasteiger charge is 2.34. The van der Waals surface area contributed by atoms with Crippen molar-refractivity contribution in [1.82, 2.24) is 0 Å². The Morgan fingerprint density at radius 3 is 2.62 bits per heavy atom. The minimum absolute atomic E-state index is 0.145. The average molecular weight is 420 g/mol. The van der Waals surface area contributed by atoms with Gasteiger partial charge in [-0.2, -0.15) is 0 Å². The van der Waals surface area contributed by atoms with E-state index >= 15 is 0 Å². The average Bonchev–Trinajstić information content (AvgIpc) is 2.51. The molecule has 1 fully saturated rings. The highest BCUT2D eigenvalue weighted by molar-refractivity contribution is 9.10. The van der Waals surface area contributed by atoms with Crippen LogP contribution in [0, 0.1) is 17.2 Å². The van der Waals surface area contributed by atoms with Crippen molar-refractivity contribution < 1.29 is 4.39 Å². The minimum Gasteiger partial charge on any atom is -0.206 e. The summed E-state index contributed by atoms with van der Waals surface area (Å²) >= 11 is 7.15. The van der Waals surface area contributed by atoms with Crippen LogP contribution in [0.2, 0.25) is 0 Å². The number of halogens is 3.